The Morgan fingerprint density at radius 2 is 1.67 bits per heavy atom. The number of terminal acetylenes is 1. The highest BCUT2D eigenvalue weighted by atomic mass is 16.5. The summed E-state index contributed by atoms with van der Waals surface area (Å²) >= 11 is 0. The highest BCUT2D eigenvalue weighted by Gasteiger charge is 2.27. The third-order valence-corrected chi connectivity index (χ3v) is 5.44. The van der Waals surface area contributed by atoms with E-state index in [0.717, 1.165) is 4.90 Å². The third-order valence-electron chi connectivity index (χ3n) is 5.44. The van der Waals surface area contributed by atoms with E-state index in [2.05, 4.69) is 16.6 Å². The van der Waals surface area contributed by atoms with Gasteiger partial charge in [-0.3, -0.25) is 24.1 Å². The SMILES string of the molecule is C#CCCC(=O)NCCOC(C)(C)CCOC(C)(CC)CNC(=O)CCN1C(=O)C=CC1=O. The number of ether oxygens (including phenoxy) is 2. The second-order valence-electron chi connectivity index (χ2n) is 8.75. The van der Waals surface area contributed by atoms with Crippen LogP contribution in [0.1, 0.15) is 59.8 Å². The molecule has 0 bridgehead atoms. The average molecular weight is 464 g/mol. The van der Waals surface area contributed by atoms with Crippen LogP contribution in [0, 0.1) is 12.3 Å². The van der Waals surface area contributed by atoms with Gasteiger partial charge in [-0.15, -0.1) is 12.3 Å². The average Bonchev–Trinajstić information content (AvgIpc) is 3.09. The molecule has 1 atom stereocenters. The molecule has 1 rings (SSSR count). The second kappa shape index (κ2) is 13.8. The molecule has 0 aromatic rings. The number of amides is 4. The first kappa shape index (κ1) is 28.3. The van der Waals surface area contributed by atoms with Gasteiger partial charge in [0.1, 0.15) is 0 Å². The normalized spacial score (nSPS) is 15.3. The maximum Gasteiger partial charge on any atom is 0.253 e. The van der Waals surface area contributed by atoms with Gasteiger partial charge in [-0.25, -0.2) is 0 Å². The summed E-state index contributed by atoms with van der Waals surface area (Å²) in [5, 5.41) is 5.59. The molecule has 2 N–H and O–H groups in total. The van der Waals surface area contributed by atoms with E-state index in [1.165, 1.54) is 12.2 Å². The fourth-order valence-corrected chi connectivity index (χ4v) is 2.92. The van der Waals surface area contributed by atoms with Gasteiger partial charge in [0.25, 0.3) is 11.8 Å². The predicted octanol–water partition coefficient (Wildman–Crippen LogP) is 1.32. The van der Waals surface area contributed by atoms with Crippen LogP contribution in [0.15, 0.2) is 12.2 Å². The van der Waals surface area contributed by atoms with Gasteiger partial charge in [0.05, 0.1) is 24.4 Å². The molecule has 1 aliphatic heterocycles. The van der Waals surface area contributed by atoms with Crippen LogP contribution in [0.3, 0.4) is 0 Å². The topological polar surface area (TPSA) is 114 Å². The number of carbonyl (C=O) groups is 4. The minimum atomic E-state index is -0.558. The molecule has 0 aromatic carbocycles. The summed E-state index contributed by atoms with van der Waals surface area (Å²) in [6, 6.07) is 0. The molecule has 1 aliphatic rings. The smallest absolute Gasteiger partial charge is 0.253 e. The first-order valence-corrected chi connectivity index (χ1v) is 11.3. The van der Waals surface area contributed by atoms with Crippen LogP contribution in [-0.4, -0.2) is 72.6 Å². The Balaban J connectivity index is 2.29. The van der Waals surface area contributed by atoms with Crippen molar-refractivity contribution in [3.05, 3.63) is 12.2 Å². The largest absolute Gasteiger partial charge is 0.374 e. The molecule has 1 heterocycles. The molecule has 9 nitrogen and oxygen atoms in total. The molecule has 1 unspecified atom stereocenters. The first-order valence-electron chi connectivity index (χ1n) is 11.3. The Morgan fingerprint density at radius 3 is 2.27 bits per heavy atom. The van der Waals surface area contributed by atoms with E-state index >= 15 is 0 Å². The van der Waals surface area contributed by atoms with E-state index in [1.807, 2.05) is 27.7 Å². The zero-order valence-electron chi connectivity index (χ0n) is 20.2. The lowest BCUT2D eigenvalue weighted by Gasteiger charge is -2.32. The summed E-state index contributed by atoms with van der Waals surface area (Å²) in [6.07, 6.45) is 9.63. The van der Waals surface area contributed by atoms with Gasteiger partial charge in [0, 0.05) is 51.0 Å². The molecule has 0 aliphatic carbocycles. The van der Waals surface area contributed by atoms with E-state index in [9.17, 15) is 19.2 Å². The molecular weight excluding hydrogens is 426 g/mol. The lowest BCUT2D eigenvalue weighted by atomic mass is 10.0. The summed E-state index contributed by atoms with van der Waals surface area (Å²) in [4.78, 5) is 47.8. The van der Waals surface area contributed by atoms with Crippen LogP contribution in [0.25, 0.3) is 0 Å². The molecule has 0 spiro atoms. The Morgan fingerprint density at radius 1 is 1.03 bits per heavy atom. The molecular formula is C24H37N3O6. The summed E-state index contributed by atoms with van der Waals surface area (Å²) in [7, 11) is 0. The maximum absolute atomic E-state index is 12.2. The Kier molecular flexibility index (Phi) is 11.8. The van der Waals surface area contributed by atoms with Crippen molar-refractivity contribution in [2.45, 2.75) is 71.0 Å². The van der Waals surface area contributed by atoms with Gasteiger partial charge in [-0.1, -0.05) is 6.92 Å². The lowest BCUT2D eigenvalue weighted by molar-refractivity contribution is -0.137. The van der Waals surface area contributed by atoms with E-state index in [-0.39, 0.29) is 24.8 Å². The number of rotatable bonds is 16. The molecule has 0 saturated carbocycles. The van der Waals surface area contributed by atoms with E-state index in [0.29, 0.717) is 52.0 Å². The van der Waals surface area contributed by atoms with Crippen molar-refractivity contribution in [2.75, 3.05) is 32.8 Å². The number of hydrogen-bond acceptors (Lipinski definition) is 6. The minimum Gasteiger partial charge on any atom is -0.374 e. The molecule has 33 heavy (non-hydrogen) atoms. The van der Waals surface area contributed by atoms with Gasteiger partial charge >= 0.3 is 0 Å². The van der Waals surface area contributed by atoms with Gasteiger partial charge in [-0.2, -0.15) is 0 Å². The third kappa shape index (κ3) is 11.1. The number of nitrogens with one attached hydrogen (secondary N) is 2. The lowest BCUT2D eigenvalue weighted by Crippen LogP contribution is -2.44. The zero-order valence-corrected chi connectivity index (χ0v) is 20.2. The van der Waals surface area contributed by atoms with E-state index < -0.39 is 23.0 Å². The molecule has 9 heteroatoms. The van der Waals surface area contributed by atoms with E-state index in [4.69, 9.17) is 15.9 Å². The zero-order chi connectivity index (χ0) is 24.9. The Hall–Kier alpha value is -2.70. The quantitative estimate of drug-likeness (QED) is 0.203. The first-order chi connectivity index (χ1) is 15.5. The molecule has 4 amide bonds. The summed E-state index contributed by atoms with van der Waals surface area (Å²) in [6.45, 7) is 9.40. The van der Waals surface area contributed by atoms with Crippen molar-refractivity contribution in [3.8, 4) is 12.3 Å². The molecule has 0 saturated heterocycles. The van der Waals surface area contributed by atoms with Crippen molar-refractivity contribution in [2.24, 2.45) is 0 Å². The van der Waals surface area contributed by atoms with Gasteiger partial charge in [0.2, 0.25) is 11.8 Å². The maximum atomic E-state index is 12.2. The standard InChI is InChI=1S/C24H37N3O6/c1-6-8-9-19(28)25-14-17-32-23(3,4)13-16-33-24(5,7-2)18-26-20(29)12-15-27-21(30)10-11-22(27)31/h1,10-11H,7-9,12-18H2,2-5H3,(H,25,28)(H,26,29). The number of imide groups is 1. The monoisotopic (exact) mass is 463 g/mol. The van der Waals surface area contributed by atoms with Crippen LogP contribution in [0.2, 0.25) is 0 Å². The van der Waals surface area contributed by atoms with Crippen molar-refractivity contribution in [1.82, 2.24) is 15.5 Å². The fraction of sp³-hybridized carbons (Fsp3) is 0.667. The number of carbonyl (C=O) groups excluding carboxylic acids is 4. The van der Waals surface area contributed by atoms with Gasteiger partial charge in [-0.05, 0) is 33.6 Å². The van der Waals surface area contributed by atoms with Crippen LogP contribution < -0.4 is 10.6 Å². The van der Waals surface area contributed by atoms with Gasteiger partial charge in [0.15, 0.2) is 0 Å². The Labute approximate surface area is 196 Å². The molecule has 184 valence electrons. The summed E-state index contributed by atoms with van der Waals surface area (Å²) < 4.78 is 11.9. The molecule has 0 fully saturated rings. The summed E-state index contributed by atoms with van der Waals surface area (Å²) in [5.74, 6) is 1.30. The summed E-state index contributed by atoms with van der Waals surface area (Å²) in [5.41, 5.74) is -0.998. The van der Waals surface area contributed by atoms with E-state index in [1.54, 1.807) is 0 Å². The van der Waals surface area contributed by atoms with Crippen LogP contribution in [-0.2, 0) is 28.7 Å². The number of nitrogens with zero attached hydrogens (tertiary/aromatic N) is 1. The Bertz CT molecular complexity index is 753. The van der Waals surface area contributed by atoms with Crippen LogP contribution in [0.5, 0.6) is 0 Å². The molecule has 0 aromatic heterocycles. The molecule has 0 radical (unpaired) electrons. The van der Waals surface area contributed by atoms with Gasteiger partial charge < -0.3 is 20.1 Å². The van der Waals surface area contributed by atoms with Crippen LogP contribution in [0.4, 0.5) is 0 Å². The highest BCUT2D eigenvalue weighted by molar-refractivity contribution is 6.13. The second-order valence-corrected chi connectivity index (χ2v) is 8.75. The fourth-order valence-electron chi connectivity index (χ4n) is 2.92. The predicted molar refractivity (Wildman–Crippen MR) is 124 cm³/mol. The van der Waals surface area contributed by atoms with Crippen molar-refractivity contribution < 1.29 is 28.7 Å². The highest BCUT2D eigenvalue weighted by Crippen LogP contribution is 2.19. The number of hydrogen-bond donors (Lipinski definition) is 2. The minimum absolute atomic E-state index is 0.0408. The van der Waals surface area contributed by atoms with Crippen molar-refractivity contribution >= 4 is 23.6 Å². The van der Waals surface area contributed by atoms with Crippen molar-refractivity contribution in [3.63, 3.8) is 0 Å². The van der Waals surface area contributed by atoms with Crippen molar-refractivity contribution in [1.29, 1.82) is 0 Å². The van der Waals surface area contributed by atoms with Crippen LogP contribution >= 0.6 is 0 Å².